The summed E-state index contributed by atoms with van der Waals surface area (Å²) in [6, 6.07) is 19.6. The number of hydrogen-bond acceptors (Lipinski definition) is 3. The second kappa shape index (κ2) is 9.04. The van der Waals surface area contributed by atoms with Crippen LogP contribution in [0.1, 0.15) is 16.7 Å². The van der Waals surface area contributed by atoms with Gasteiger partial charge in [0.15, 0.2) is 0 Å². The largest absolute Gasteiger partial charge is 0.361 e. The highest BCUT2D eigenvalue weighted by molar-refractivity contribution is 7.89. The maximum Gasteiger partial charge on any atom is 0.247 e. The predicted octanol–water partition coefficient (Wildman–Crippen LogP) is 3.78. The van der Waals surface area contributed by atoms with Gasteiger partial charge in [0.25, 0.3) is 0 Å². The lowest BCUT2D eigenvalue weighted by atomic mass is 9.95. The number of benzene rings is 3. The first-order valence-electron chi connectivity index (χ1n) is 11.1. The minimum absolute atomic E-state index is 0.00732. The van der Waals surface area contributed by atoms with Gasteiger partial charge in [-0.2, -0.15) is 4.31 Å². The summed E-state index contributed by atoms with van der Waals surface area (Å²) in [6.45, 7) is 0.361. The molecule has 2 heterocycles. The van der Waals surface area contributed by atoms with Crippen LogP contribution in [0.25, 0.3) is 10.9 Å². The Kier molecular flexibility index (Phi) is 5.93. The maximum atomic E-state index is 14.4. The highest BCUT2D eigenvalue weighted by atomic mass is 32.2. The van der Waals surface area contributed by atoms with Crippen LogP contribution in [0.2, 0.25) is 0 Å². The monoisotopic (exact) mass is 477 g/mol. The van der Waals surface area contributed by atoms with E-state index in [0.29, 0.717) is 13.0 Å². The van der Waals surface area contributed by atoms with E-state index in [1.807, 2.05) is 54.7 Å². The van der Waals surface area contributed by atoms with E-state index in [1.165, 1.54) is 18.2 Å². The van der Waals surface area contributed by atoms with Gasteiger partial charge in [0, 0.05) is 30.2 Å². The van der Waals surface area contributed by atoms with Crippen molar-refractivity contribution in [2.45, 2.75) is 30.3 Å². The van der Waals surface area contributed by atoms with Crippen LogP contribution in [0.4, 0.5) is 4.39 Å². The molecule has 1 aromatic heterocycles. The van der Waals surface area contributed by atoms with Crippen LogP contribution < -0.4 is 5.32 Å². The quantitative estimate of drug-likeness (QED) is 0.443. The zero-order valence-corrected chi connectivity index (χ0v) is 19.2. The fourth-order valence-electron chi connectivity index (χ4n) is 4.53. The third kappa shape index (κ3) is 4.10. The molecule has 8 heteroatoms. The minimum atomic E-state index is -4.23. The van der Waals surface area contributed by atoms with Crippen LogP contribution in [0.5, 0.6) is 0 Å². The number of amides is 1. The molecule has 4 aromatic rings. The number of aromatic nitrogens is 1. The van der Waals surface area contributed by atoms with Gasteiger partial charge in [-0.25, -0.2) is 12.8 Å². The molecule has 0 aliphatic carbocycles. The zero-order chi connectivity index (χ0) is 23.7. The van der Waals surface area contributed by atoms with Crippen LogP contribution in [0.15, 0.2) is 83.9 Å². The molecule has 174 valence electrons. The number of nitrogens with zero attached hydrogens (tertiary/aromatic N) is 1. The molecule has 1 amide bonds. The summed E-state index contributed by atoms with van der Waals surface area (Å²) in [5.41, 5.74) is 3.82. The fraction of sp³-hybridized carbons (Fsp3) is 0.192. The van der Waals surface area contributed by atoms with Crippen molar-refractivity contribution in [3.63, 3.8) is 0 Å². The van der Waals surface area contributed by atoms with E-state index in [2.05, 4.69) is 10.3 Å². The Morgan fingerprint density at radius 2 is 1.71 bits per heavy atom. The van der Waals surface area contributed by atoms with Crippen molar-refractivity contribution in [3.8, 4) is 0 Å². The summed E-state index contributed by atoms with van der Waals surface area (Å²) in [5, 5.41) is 3.99. The first-order valence-corrected chi connectivity index (χ1v) is 12.5. The number of H-pyrrole nitrogens is 1. The molecule has 1 aliphatic heterocycles. The molecule has 1 unspecified atom stereocenters. The Balaban J connectivity index is 1.39. The highest BCUT2D eigenvalue weighted by Crippen LogP contribution is 2.30. The molecule has 1 atom stereocenters. The second-order valence-corrected chi connectivity index (χ2v) is 10.2. The highest BCUT2D eigenvalue weighted by Gasteiger charge is 2.40. The summed E-state index contributed by atoms with van der Waals surface area (Å²) in [5.74, 6) is -1.23. The van der Waals surface area contributed by atoms with Gasteiger partial charge in [0.05, 0.1) is 0 Å². The van der Waals surface area contributed by atoms with Gasteiger partial charge in [0.1, 0.15) is 16.8 Å². The number of fused-ring (bicyclic) bond motifs is 2. The van der Waals surface area contributed by atoms with E-state index in [1.54, 1.807) is 0 Å². The third-order valence-electron chi connectivity index (χ3n) is 6.30. The number of nitrogens with one attached hydrogen (secondary N) is 2. The number of para-hydroxylation sites is 1. The lowest BCUT2D eigenvalue weighted by Crippen LogP contribution is -2.52. The zero-order valence-electron chi connectivity index (χ0n) is 18.4. The van der Waals surface area contributed by atoms with E-state index in [-0.39, 0.29) is 13.0 Å². The lowest BCUT2D eigenvalue weighted by molar-refractivity contribution is -0.125. The molecular formula is C26H24FN3O3S. The second-order valence-electron chi connectivity index (χ2n) is 8.37. The van der Waals surface area contributed by atoms with E-state index >= 15 is 0 Å². The minimum Gasteiger partial charge on any atom is -0.361 e. The van der Waals surface area contributed by atoms with Crippen molar-refractivity contribution in [3.05, 3.63) is 102 Å². The van der Waals surface area contributed by atoms with E-state index in [4.69, 9.17) is 0 Å². The standard InChI is InChI=1S/C26H24FN3O3S/c27-22-10-4-6-12-25(22)34(32,33)30-17-20-8-2-1-7-18(20)15-24(30)26(31)28-14-13-19-16-29-23-11-5-3-9-21(19)23/h1-12,16,24,29H,13-15,17H2,(H,28,31). The summed E-state index contributed by atoms with van der Waals surface area (Å²) in [6.07, 6.45) is 2.74. The average molecular weight is 478 g/mol. The van der Waals surface area contributed by atoms with Gasteiger partial charge in [0.2, 0.25) is 15.9 Å². The maximum absolute atomic E-state index is 14.4. The fourth-order valence-corrected chi connectivity index (χ4v) is 6.16. The molecule has 34 heavy (non-hydrogen) atoms. The smallest absolute Gasteiger partial charge is 0.247 e. The number of carbonyl (C=O) groups is 1. The van der Waals surface area contributed by atoms with Crippen LogP contribution >= 0.6 is 0 Å². The van der Waals surface area contributed by atoms with Gasteiger partial charge >= 0.3 is 0 Å². The summed E-state index contributed by atoms with van der Waals surface area (Å²) in [4.78, 5) is 16.0. The van der Waals surface area contributed by atoms with E-state index < -0.39 is 32.7 Å². The topological polar surface area (TPSA) is 82.3 Å². The number of halogens is 1. The first-order chi connectivity index (χ1) is 16.4. The van der Waals surface area contributed by atoms with Gasteiger partial charge in [-0.15, -0.1) is 0 Å². The molecule has 0 spiro atoms. The Labute approximate surface area is 197 Å². The van der Waals surface area contributed by atoms with Crippen molar-refractivity contribution in [1.29, 1.82) is 0 Å². The molecule has 0 fully saturated rings. The number of carbonyl (C=O) groups excluding carboxylic acids is 1. The molecule has 3 aromatic carbocycles. The number of rotatable bonds is 6. The Bertz CT molecular complexity index is 1460. The van der Waals surface area contributed by atoms with Crippen molar-refractivity contribution in [2.75, 3.05) is 6.54 Å². The van der Waals surface area contributed by atoms with Crippen LogP contribution in [-0.4, -0.2) is 36.2 Å². The SMILES string of the molecule is O=C(NCCc1c[nH]c2ccccc12)C1Cc2ccccc2CN1S(=O)(=O)c1ccccc1F. The van der Waals surface area contributed by atoms with E-state index in [0.717, 1.165) is 38.0 Å². The van der Waals surface area contributed by atoms with Crippen LogP contribution in [0.3, 0.4) is 0 Å². The van der Waals surface area contributed by atoms with Crippen LogP contribution in [-0.2, 0) is 34.2 Å². The molecule has 1 aliphatic rings. The molecule has 5 rings (SSSR count). The van der Waals surface area contributed by atoms with Crippen LogP contribution in [0, 0.1) is 5.82 Å². The Hall–Kier alpha value is -3.49. The summed E-state index contributed by atoms with van der Waals surface area (Å²) >= 11 is 0. The average Bonchev–Trinajstić information content (AvgIpc) is 3.26. The first kappa shape index (κ1) is 22.3. The van der Waals surface area contributed by atoms with Crippen molar-refractivity contribution < 1.29 is 17.6 Å². The number of hydrogen-bond donors (Lipinski definition) is 2. The Morgan fingerprint density at radius 1 is 1.00 bits per heavy atom. The number of aromatic amines is 1. The number of sulfonamides is 1. The Morgan fingerprint density at radius 3 is 2.53 bits per heavy atom. The summed E-state index contributed by atoms with van der Waals surface area (Å²) < 4.78 is 42.4. The normalized spacial score (nSPS) is 16.3. The lowest BCUT2D eigenvalue weighted by Gasteiger charge is -2.35. The van der Waals surface area contributed by atoms with E-state index in [9.17, 15) is 17.6 Å². The van der Waals surface area contributed by atoms with Gasteiger partial charge in [-0.05, 0) is 47.7 Å². The third-order valence-corrected chi connectivity index (χ3v) is 8.19. The predicted molar refractivity (Wildman–Crippen MR) is 128 cm³/mol. The summed E-state index contributed by atoms with van der Waals surface area (Å²) in [7, 11) is -4.23. The van der Waals surface area contributed by atoms with Crippen molar-refractivity contribution in [2.24, 2.45) is 0 Å². The van der Waals surface area contributed by atoms with Gasteiger partial charge in [-0.3, -0.25) is 4.79 Å². The molecular weight excluding hydrogens is 453 g/mol. The van der Waals surface area contributed by atoms with Crippen molar-refractivity contribution >= 4 is 26.8 Å². The van der Waals surface area contributed by atoms with Gasteiger partial charge in [-0.1, -0.05) is 54.6 Å². The molecule has 6 nitrogen and oxygen atoms in total. The van der Waals surface area contributed by atoms with Gasteiger partial charge < -0.3 is 10.3 Å². The molecule has 2 N–H and O–H groups in total. The molecule has 0 saturated heterocycles. The molecule has 0 saturated carbocycles. The molecule has 0 radical (unpaired) electrons. The molecule has 0 bridgehead atoms. The van der Waals surface area contributed by atoms with Crippen molar-refractivity contribution in [1.82, 2.24) is 14.6 Å².